The lowest BCUT2D eigenvalue weighted by atomic mass is 9.86. The zero-order valence-electron chi connectivity index (χ0n) is 13.2. The lowest BCUT2D eigenvalue weighted by Crippen LogP contribution is -2.31. The maximum absolute atomic E-state index is 5.38. The summed E-state index contributed by atoms with van der Waals surface area (Å²) in [6.07, 6.45) is 0. The van der Waals surface area contributed by atoms with Crippen molar-refractivity contribution in [3.05, 3.63) is 44.2 Å². The molecule has 3 heterocycles. The van der Waals surface area contributed by atoms with Gasteiger partial charge in [-0.15, -0.1) is 22.7 Å². The van der Waals surface area contributed by atoms with Gasteiger partial charge in [0.1, 0.15) is 0 Å². The molecule has 122 valence electrons. The Morgan fingerprint density at radius 3 is 2.78 bits per heavy atom. The summed E-state index contributed by atoms with van der Waals surface area (Å²) in [6, 6.07) is 6.49. The Bertz CT molecular complexity index is 758. The second kappa shape index (κ2) is 6.84. The van der Waals surface area contributed by atoms with Crippen LogP contribution < -0.4 is 5.32 Å². The number of hydrogen-bond donors (Lipinski definition) is 1. The van der Waals surface area contributed by atoms with E-state index < -0.39 is 0 Å². The van der Waals surface area contributed by atoms with Crippen LogP contribution in [-0.4, -0.2) is 10.1 Å². The third-order valence-electron chi connectivity index (χ3n) is 3.41. The van der Waals surface area contributed by atoms with E-state index in [1.165, 1.54) is 4.88 Å². The van der Waals surface area contributed by atoms with E-state index in [1.807, 2.05) is 11.4 Å². The molecule has 3 rings (SSSR count). The lowest BCUT2D eigenvalue weighted by molar-refractivity contribution is 0.260. The zero-order chi connectivity index (χ0) is 16.4. The smallest absolute Gasteiger partial charge is 0.240 e. The number of nitrogens with one attached hydrogen (secondary N) is 1. The molecule has 0 saturated heterocycles. The first-order valence-corrected chi connectivity index (χ1v) is 9.82. The minimum absolute atomic E-state index is 0.103. The second-order valence-electron chi connectivity index (χ2n) is 6.34. The summed E-state index contributed by atoms with van der Waals surface area (Å²) in [7, 11) is 0. The van der Waals surface area contributed by atoms with Crippen LogP contribution in [0.3, 0.4) is 0 Å². The largest absolute Gasteiger partial charge is 0.338 e. The van der Waals surface area contributed by atoms with Crippen LogP contribution in [-0.2, 0) is 6.54 Å². The summed E-state index contributed by atoms with van der Waals surface area (Å²) in [4.78, 5) is 6.80. The van der Waals surface area contributed by atoms with Crippen LogP contribution in [0, 0.1) is 5.41 Å². The molecule has 0 amide bonds. The van der Waals surface area contributed by atoms with Gasteiger partial charge in [0.2, 0.25) is 11.7 Å². The maximum Gasteiger partial charge on any atom is 0.240 e. The van der Waals surface area contributed by atoms with E-state index in [0.717, 1.165) is 9.35 Å². The summed E-state index contributed by atoms with van der Waals surface area (Å²) in [5.41, 5.74) is 0.103. The average Bonchev–Trinajstić information content (AvgIpc) is 3.18. The van der Waals surface area contributed by atoms with Gasteiger partial charge in [0.05, 0.1) is 11.4 Å². The highest BCUT2D eigenvalue weighted by molar-refractivity contribution is 9.10. The molecule has 0 spiro atoms. The molecule has 0 radical (unpaired) electrons. The van der Waals surface area contributed by atoms with Gasteiger partial charge in [-0.1, -0.05) is 32.0 Å². The molecule has 1 N–H and O–H groups in total. The number of rotatable bonds is 5. The quantitative estimate of drug-likeness (QED) is 0.601. The first kappa shape index (κ1) is 16.8. The van der Waals surface area contributed by atoms with Gasteiger partial charge in [-0.25, -0.2) is 0 Å². The zero-order valence-corrected chi connectivity index (χ0v) is 16.4. The molecular formula is C16H18BrN3OS2. The second-order valence-corrected chi connectivity index (χ2v) is 9.14. The van der Waals surface area contributed by atoms with Gasteiger partial charge in [-0.3, -0.25) is 0 Å². The highest BCUT2D eigenvalue weighted by Gasteiger charge is 2.27. The van der Waals surface area contributed by atoms with Gasteiger partial charge >= 0.3 is 0 Å². The third-order valence-corrected chi connectivity index (χ3v) is 6.03. The van der Waals surface area contributed by atoms with Gasteiger partial charge in [0, 0.05) is 20.8 Å². The molecule has 0 saturated carbocycles. The molecule has 0 fully saturated rings. The van der Waals surface area contributed by atoms with Crippen LogP contribution in [0.2, 0.25) is 0 Å². The summed E-state index contributed by atoms with van der Waals surface area (Å²) < 4.78 is 6.41. The Balaban J connectivity index is 1.71. The summed E-state index contributed by atoms with van der Waals surface area (Å²) >= 11 is 6.80. The lowest BCUT2D eigenvalue weighted by Gasteiger charge is -2.30. The van der Waals surface area contributed by atoms with Crippen LogP contribution >= 0.6 is 38.6 Å². The standard InChI is InChI=1S/C16H18BrN3OS2/c1-16(2,3)14(11-5-4-6-22-11)18-8-13-19-15(20-21-13)12-7-10(17)9-23-12/h4-7,9,14,18H,8H2,1-3H3. The van der Waals surface area contributed by atoms with Gasteiger partial charge in [0.25, 0.3) is 0 Å². The van der Waals surface area contributed by atoms with Crippen molar-refractivity contribution in [2.45, 2.75) is 33.4 Å². The van der Waals surface area contributed by atoms with Gasteiger partial charge < -0.3 is 9.84 Å². The molecule has 0 aliphatic heterocycles. The fraction of sp³-hybridized carbons (Fsp3) is 0.375. The van der Waals surface area contributed by atoms with E-state index in [1.54, 1.807) is 22.7 Å². The van der Waals surface area contributed by atoms with Crippen LogP contribution in [0.25, 0.3) is 10.7 Å². The SMILES string of the molecule is CC(C)(C)C(NCc1nc(-c2cc(Br)cs2)no1)c1cccs1. The van der Waals surface area contributed by atoms with Crippen molar-refractivity contribution in [2.75, 3.05) is 0 Å². The van der Waals surface area contributed by atoms with E-state index >= 15 is 0 Å². The molecule has 7 heteroatoms. The Kier molecular flexibility index (Phi) is 5.01. The van der Waals surface area contributed by atoms with E-state index in [9.17, 15) is 0 Å². The Morgan fingerprint density at radius 1 is 1.35 bits per heavy atom. The first-order chi connectivity index (χ1) is 10.9. The summed E-state index contributed by atoms with van der Waals surface area (Å²) in [6.45, 7) is 7.24. The molecule has 4 nitrogen and oxygen atoms in total. The van der Waals surface area contributed by atoms with Gasteiger partial charge in [0.15, 0.2) is 0 Å². The molecule has 3 aromatic rings. The van der Waals surface area contributed by atoms with Crippen LogP contribution in [0.5, 0.6) is 0 Å². The van der Waals surface area contributed by atoms with Crippen LogP contribution in [0.4, 0.5) is 0 Å². The predicted molar refractivity (Wildman–Crippen MR) is 98.7 cm³/mol. The number of hydrogen-bond acceptors (Lipinski definition) is 6. The summed E-state index contributed by atoms with van der Waals surface area (Å²) in [5, 5.41) is 11.7. The minimum Gasteiger partial charge on any atom is -0.338 e. The number of halogens is 1. The van der Waals surface area contributed by atoms with Crippen molar-refractivity contribution in [1.29, 1.82) is 0 Å². The van der Waals surface area contributed by atoms with Crippen molar-refractivity contribution in [3.63, 3.8) is 0 Å². The monoisotopic (exact) mass is 411 g/mol. The van der Waals surface area contributed by atoms with E-state index in [-0.39, 0.29) is 11.5 Å². The molecule has 1 unspecified atom stereocenters. The molecule has 23 heavy (non-hydrogen) atoms. The van der Waals surface area contributed by atoms with Crippen molar-refractivity contribution < 1.29 is 4.52 Å². The Hall–Kier alpha value is -1.02. The Morgan fingerprint density at radius 2 is 2.17 bits per heavy atom. The first-order valence-electron chi connectivity index (χ1n) is 7.27. The summed E-state index contributed by atoms with van der Waals surface area (Å²) in [5.74, 6) is 1.25. The average molecular weight is 412 g/mol. The molecule has 1 atom stereocenters. The minimum atomic E-state index is 0.103. The molecular weight excluding hydrogens is 394 g/mol. The van der Waals surface area contributed by atoms with Crippen molar-refractivity contribution >= 4 is 38.6 Å². The highest BCUT2D eigenvalue weighted by atomic mass is 79.9. The number of thiophene rings is 2. The Labute approximate surface area is 152 Å². The molecule has 0 aliphatic rings. The van der Waals surface area contributed by atoms with E-state index in [2.05, 4.69) is 69.7 Å². The van der Waals surface area contributed by atoms with E-state index in [0.29, 0.717) is 18.3 Å². The third kappa shape index (κ3) is 4.09. The fourth-order valence-corrected chi connectivity index (χ4v) is 4.73. The van der Waals surface area contributed by atoms with Gasteiger partial charge in [-0.05, 0) is 38.9 Å². The van der Waals surface area contributed by atoms with Crippen molar-refractivity contribution in [2.24, 2.45) is 5.41 Å². The highest BCUT2D eigenvalue weighted by Crippen LogP contribution is 2.35. The topological polar surface area (TPSA) is 51.0 Å². The maximum atomic E-state index is 5.38. The predicted octanol–water partition coefficient (Wildman–Crippen LogP) is 5.50. The van der Waals surface area contributed by atoms with Crippen molar-refractivity contribution in [3.8, 4) is 10.7 Å². The van der Waals surface area contributed by atoms with Crippen LogP contribution in [0.15, 0.2) is 38.0 Å². The van der Waals surface area contributed by atoms with Crippen LogP contribution in [0.1, 0.15) is 37.6 Å². The number of aromatic nitrogens is 2. The normalized spacial score (nSPS) is 13.4. The molecule has 3 aromatic heterocycles. The van der Waals surface area contributed by atoms with E-state index in [4.69, 9.17) is 4.52 Å². The molecule has 0 aromatic carbocycles. The van der Waals surface area contributed by atoms with Crippen molar-refractivity contribution in [1.82, 2.24) is 15.5 Å². The number of nitrogens with zero attached hydrogens (tertiary/aromatic N) is 2. The molecule has 0 aliphatic carbocycles. The fourth-order valence-electron chi connectivity index (χ4n) is 2.34. The van der Waals surface area contributed by atoms with Gasteiger partial charge in [-0.2, -0.15) is 4.98 Å². The molecule has 0 bridgehead atoms.